The highest BCUT2D eigenvalue weighted by molar-refractivity contribution is 5.22. The molecule has 0 aliphatic heterocycles. The first kappa shape index (κ1) is 10.0. The second-order valence-electron chi connectivity index (χ2n) is 2.99. The molecular formula is C9H10F3N. The Labute approximate surface area is 74.6 Å². The molecule has 1 heterocycles. The average Bonchev–Trinajstić information content (AvgIpc) is 1.93. The SMILES string of the molecule is Cc1ccc(CC(F)(F)F)c(C)n1. The van der Waals surface area contributed by atoms with Crippen molar-refractivity contribution in [2.45, 2.75) is 26.4 Å². The van der Waals surface area contributed by atoms with E-state index in [2.05, 4.69) is 4.98 Å². The van der Waals surface area contributed by atoms with Crippen molar-refractivity contribution >= 4 is 0 Å². The van der Waals surface area contributed by atoms with Crippen molar-refractivity contribution in [1.29, 1.82) is 0 Å². The first-order valence-corrected chi connectivity index (χ1v) is 3.88. The molecule has 0 aromatic carbocycles. The molecule has 0 fully saturated rings. The van der Waals surface area contributed by atoms with Crippen molar-refractivity contribution < 1.29 is 13.2 Å². The lowest BCUT2D eigenvalue weighted by Gasteiger charge is -2.08. The van der Waals surface area contributed by atoms with E-state index in [1.54, 1.807) is 19.9 Å². The van der Waals surface area contributed by atoms with E-state index < -0.39 is 12.6 Å². The van der Waals surface area contributed by atoms with Crippen LogP contribution in [-0.4, -0.2) is 11.2 Å². The van der Waals surface area contributed by atoms with E-state index in [0.29, 0.717) is 5.69 Å². The van der Waals surface area contributed by atoms with E-state index in [9.17, 15) is 13.2 Å². The predicted octanol–water partition coefficient (Wildman–Crippen LogP) is 2.80. The minimum absolute atomic E-state index is 0.248. The molecule has 72 valence electrons. The molecule has 0 radical (unpaired) electrons. The molecule has 0 saturated carbocycles. The highest BCUT2D eigenvalue weighted by atomic mass is 19.4. The molecule has 0 spiro atoms. The molecule has 0 amide bonds. The Morgan fingerprint density at radius 3 is 2.31 bits per heavy atom. The quantitative estimate of drug-likeness (QED) is 0.662. The monoisotopic (exact) mass is 189 g/mol. The van der Waals surface area contributed by atoms with Crippen LogP contribution in [-0.2, 0) is 6.42 Å². The average molecular weight is 189 g/mol. The zero-order chi connectivity index (χ0) is 10.1. The van der Waals surface area contributed by atoms with Gasteiger partial charge in [0.05, 0.1) is 6.42 Å². The smallest absolute Gasteiger partial charge is 0.258 e. The Morgan fingerprint density at radius 2 is 1.85 bits per heavy atom. The Hall–Kier alpha value is -1.06. The Bertz CT molecular complexity index is 304. The van der Waals surface area contributed by atoms with Crippen LogP contribution in [0.5, 0.6) is 0 Å². The number of pyridine rings is 1. The highest BCUT2D eigenvalue weighted by Gasteiger charge is 2.28. The summed E-state index contributed by atoms with van der Waals surface area (Å²) in [5.41, 5.74) is 1.44. The van der Waals surface area contributed by atoms with Gasteiger partial charge in [-0.1, -0.05) is 6.07 Å². The summed E-state index contributed by atoms with van der Waals surface area (Å²) < 4.78 is 36.0. The number of hydrogen-bond acceptors (Lipinski definition) is 1. The fourth-order valence-electron chi connectivity index (χ4n) is 1.12. The molecule has 13 heavy (non-hydrogen) atoms. The van der Waals surface area contributed by atoms with Gasteiger partial charge in [0.25, 0.3) is 0 Å². The third kappa shape index (κ3) is 3.05. The van der Waals surface area contributed by atoms with Crippen LogP contribution in [0, 0.1) is 13.8 Å². The molecule has 1 rings (SSSR count). The summed E-state index contributed by atoms with van der Waals surface area (Å²) in [4.78, 5) is 3.96. The van der Waals surface area contributed by atoms with Crippen LogP contribution in [0.25, 0.3) is 0 Å². The molecule has 4 heteroatoms. The summed E-state index contributed by atoms with van der Waals surface area (Å²) in [5, 5.41) is 0. The van der Waals surface area contributed by atoms with Crippen molar-refractivity contribution in [2.75, 3.05) is 0 Å². The fraction of sp³-hybridized carbons (Fsp3) is 0.444. The van der Waals surface area contributed by atoms with Crippen LogP contribution < -0.4 is 0 Å². The van der Waals surface area contributed by atoms with E-state index in [1.807, 2.05) is 0 Å². The van der Waals surface area contributed by atoms with E-state index >= 15 is 0 Å². The summed E-state index contributed by atoms with van der Waals surface area (Å²) in [5.74, 6) is 0. The number of nitrogens with zero attached hydrogens (tertiary/aromatic N) is 1. The summed E-state index contributed by atoms with van der Waals surface area (Å²) in [6, 6.07) is 3.07. The molecule has 0 saturated heterocycles. The Kier molecular flexibility index (Phi) is 2.59. The third-order valence-electron chi connectivity index (χ3n) is 1.73. The van der Waals surface area contributed by atoms with Gasteiger partial charge in [-0.05, 0) is 25.5 Å². The van der Waals surface area contributed by atoms with Gasteiger partial charge in [0.1, 0.15) is 0 Å². The van der Waals surface area contributed by atoms with Crippen LogP contribution in [0.15, 0.2) is 12.1 Å². The molecule has 1 aromatic heterocycles. The molecule has 1 nitrogen and oxygen atoms in total. The van der Waals surface area contributed by atoms with Crippen LogP contribution in [0.4, 0.5) is 13.2 Å². The van der Waals surface area contributed by atoms with E-state index in [4.69, 9.17) is 0 Å². The van der Waals surface area contributed by atoms with E-state index in [1.165, 1.54) is 6.07 Å². The lowest BCUT2D eigenvalue weighted by Crippen LogP contribution is -2.13. The van der Waals surface area contributed by atoms with Crippen molar-refractivity contribution in [3.8, 4) is 0 Å². The molecule has 0 aliphatic rings. The molecule has 0 bridgehead atoms. The van der Waals surface area contributed by atoms with Gasteiger partial charge < -0.3 is 0 Å². The van der Waals surface area contributed by atoms with E-state index in [0.717, 1.165) is 5.69 Å². The van der Waals surface area contributed by atoms with Crippen LogP contribution in [0.3, 0.4) is 0 Å². The molecule has 0 atom stereocenters. The lowest BCUT2D eigenvalue weighted by molar-refractivity contribution is -0.127. The van der Waals surface area contributed by atoms with Gasteiger partial charge in [-0.2, -0.15) is 13.2 Å². The zero-order valence-electron chi connectivity index (χ0n) is 7.44. The molecule has 0 unspecified atom stereocenters. The number of alkyl halides is 3. The van der Waals surface area contributed by atoms with Crippen molar-refractivity contribution in [2.24, 2.45) is 0 Å². The maximum absolute atomic E-state index is 12.0. The largest absolute Gasteiger partial charge is 0.393 e. The van der Waals surface area contributed by atoms with Gasteiger partial charge in [-0.25, -0.2) is 0 Å². The molecule has 1 aromatic rings. The van der Waals surface area contributed by atoms with Gasteiger partial charge in [0.2, 0.25) is 0 Å². The first-order valence-electron chi connectivity index (χ1n) is 3.88. The second-order valence-corrected chi connectivity index (χ2v) is 2.99. The summed E-state index contributed by atoms with van der Waals surface area (Å²) in [7, 11) is 0. The van der Waals surface area contributed by atoms with Crippen LogP contribution in [0.1, 0.15) is 17.0 Å². The summed E-state index contributed by atoms with van der Waals surface area (Å²) in [6.07, 6.45) is -5.05. The molecule has 0 aliphatic carbocycles. The number of aromatic nitrogens is 1. The number of halogens is 3. The number of aryl methyl sites for hydroxylation is 2. The molecule has 0 N–H and O–H groups in total. The van der Waals surface area contributed by atoms with Gasteiger partial charge in [0, 0.05) is 11.4 Å². The third-order valence-corrected chi connectivity index (χ3v) is 1.73. The standard InChI is InChI=1S/C9H10F3N/c1-6-3-4-8(7(2)13-6)5-9(10,11)12/h3-4H,5H2,1-2H3. The van der Waals surface area contributed by atoms with Crippen LogP contribution >= 0.6 is 0 Å². The van der Waals surface area contributed by atoms with Gasteiger partial charge in [-0.15, -0.1) is 0 Å². The maximum Gasteiger partial charge on any atom is 0.393 e. The van der Waals surface area contributed by atoms with Gasteiger partial charge >= 0.3 is 6.18 Å². The van der Waals surface area contributed by atoms with Crippen LogP contribution in [0.2, 0.25) is 0 Å². The lowest BCUT2D eigenvalue weighted by atomic mass is 10.1. The van der Waals surface area contributed by atoms with Gasteiger partial charge in [0.15, 0.2) is 0 Å². The Morgan fingerprint density at radius 1 is 1.23 bits per heavy atom. The van der Waals surface area contributed by atoms with Crippen molar-refractivity contribution in [3.05, 3.63) is 29.1 Å². The highest BCUT2D eigenvalue weighted by Crippen LogP contribution is 2.22. The topological polar surface area (TPSA) is 12.9 Å². The minimum atomic E-state index is -4.15. The maximum atomic E-state index is 12.0. The molecular weight excluding hydrogens is 179 g/mol. The summed E-state index contributed by atoms with van der Waals surface area (Å²) >= 11 is 0. The summed E-state index contributed by atoms with van der Waals surface area (Å²) in [6.45, 7) is 3.35. The number of hydrogen-bond donors (Lipinski definition) is 0. The van der Waals surface area contributed by atoms with E-state index in [-0.39, 0.29) is 5.56 Å². The van der Waals surface area contributed by atoms with Gasteiger partial charge in [-0.3, -0.25) is 4.98 Å². The number of rotatable bonds is 1. The van der Waals surface area contributed by atoms with Crippen molar-refractivity contribution in [3.63, 3.8) is 0 Å². The zero-order valence-corrected chi connectivity index (χ0v) is 7.44. The first-order chi connectivity index (χ1) is 5.88. The normalized spacial score (nSPS) is 11.8. The minimum Gasteiger partial charge on any atom is -0.258 e. The van der Waals surface area contributed by atoms with Crippen molar-refractivity contribution in [1.82, 2.24) is 4.98 Å². The second kappa shape index (κ2) is 3.36. The Balaban J connectivity index is 2.90. The predicted molar refractivity (Wildman–Crippen MR) is 43.5 cm³/mol. The fourth-order valence-corrected chi connectivity index (χ4v) is 1.12.